The highest BCUT2D eigenvalue weighted by atomic mass is 16.5. The van der Waals surface area contributed by atoms with Gasteiger partial charge in [-0.1, -0.05) is 35.9 Å². The fourth-order valence-electron chi connectivity index (χ4n) is 3.30. The van der Waals surface area contributed by atoms with Gasteiger partial charge in [-0.25, -0.2) is 4.98 Å². The Morgan fingerprint density at radius 3 is 2.47 bits per heavy atom. The van der Waals surface area contributed by atoms with E-state index in [2.05, 4.69) is 4.98 Å². The molecule has 1 aliphatic heterocycles. The van der Waals surface area contributed by atoms with Crippen molar-refractivity contribution >= 4 is 11.9 Å². The molecule has 1 amide bonds. The van der Waals surface area contributed by atoms with Crippen molar-refractivity contribution in [1.29, 1.82) is 0 Å². The molecule has 6 nitrogen and oxygen atoms in total. The Kier molecular flexibility index (Phi) is 5.75. The third-order valence-electron chi connectivity index (χ3n) is 4.94. The number of benzene rings is 2. The Hall–Kier alpha value is -3.67. The Morgan fingerprint density at radius 1 is 1.03 bits per heavy atom. The Morgan fingerprint density at radius 2 is 1.77 bits per heavy atom. The molecule has 4 rings (SSSR count). The van der Waals surface area contributed by atoms with Crippen molar-refractivity contribution < 1.29 is 19.1 Å². The molecule has 3 aromatic rings. The molecular weight excluding hydrogens is 380 g/mol. The minimum absolute atomic E-state index is 0.0309. The molecule has 0 N–H and O–H groups in total. The number of ether oxygens (including phenoxy) is 2. The number of carbonyl (C=O) groups excluding carboxylic acids is 2. The number of nitrogens with zero attached hydrogens (tertiary/aromatic N) is 2. The van der Waals surface area contributed by atoms with Gasteiger partial charge in [0.15, 0.2) is 0 Å². The van der Waals surface area contributed by atoms with Crippen LogP contribution in [0.2, 0.25) is 0 Å². The molecule has 0 bridgehead atoms. The number of aryl methyl sites for hydroxylation is 1. The van der Waals surface area contributed by atoms with Crippen LogP contribution in [0.3, 0.4) is 0 Å². The molecule has 1 aromatic heterocycles. The average Bonchev–Trinajstić information content (AvgIpc) is 3.12. The zero-order chi connectivity index (χ0) is 20.9. The molecule has 2 heterocycles. The number of rotatable bonds is 6. The van der Waals surface area contributed by atoms with Gasteiger partial charge < -0.3 is 14.4 Å². The summed E-state index contributed by atoms with van der Waals surface area (Å²) in [5.74, 6) is 0.601. The van der Waals surface area contributed by atoms with E-state index in [1.165, 1.54) is 5.56 Å². The second kappa shape index (κ2) is 8.78. The molecule has 0 radical (unpaired) electrons. The van der Waals surface area contributed by atoms with E-state index >= 15 is 0 Å². The van der Waals surface area contributed by atoms with Gasteiger partial charge in [-0.2, -0.15) is 0 Å². The lowest BCUT2D eigenvalue weighted by Crippen LogP contribution is -2.27. The van der Waals surface area contributed by atoms with Gasteiger partial charge in [0.1, 0.15) is 11.5 Å². The van der Waals surface area contributed by atoms with Crippen molar-refractivity contribution in [2.75, 3.05) is 6.54 Å². The van der Waals surface area contributed by atoms with Crippen molar-refractivity contribution in [3.05, 3.63) is 84.1 Å². The van der Waals surface area contributed by atoms with Crippen LogP contribution < -0.4 is 9.47 Å². The van der Waals surface area contributed by atoms with Crippen molar-refractivity contribution in [1.82, 2.24) is 9.88 Å². The first kappa shape index (κ1) is 19.6. The van der Waals surface area contributed by atoms with Crippen LogP contribution in [0, 0.1) is 12.8 Å². The first-order chi connectivity index (χ1) is 14.6. The van der Waals surface area contributed by atoms with E-state index in [0.29, 0.717) is 30.5 Å². The number of pyridine rings is 1. The lowest BCUT2D eigenvalue weighted by molar-refractivity contribution is -0.139. The summed E-state index contributed by atoms with van der Waals surface area (Å²) in [5, 5.41) is 0. The van der Waals surface area contributed by atoms with Gasteiger partial charge in [-0.15, -0.1) is 0 Å². The van der Waals surface area contributed by atoms with Gasteiger partial charge in [0.25, 0.3) is 0 Å². The molecule has 30 heavy (non-hydrogen) atoms. The van der Waals surface area contributed by atoms with E-state index in [0.717, 1.165) is 5.56 Å². The largest absolute Gasteiger partial charge is 0.439 e. The molecule has 0 aliphatic carbocycles. The predicted octanol–water partition coefficient (Wildman–Crippen LogP) is 4.14. The molecule has 1 aliphatic rings. The Bertz CT molecular complexity index is 1020. The molecule has 6 heteroatoms. The van der Waals surface area contributed by atoms with E-state index < -0.39 is 11.9 Å². The monoisotopic (exact) mass is 402 g/mol. The molecule has 1 saturated heterocycles. The zero-order valence-corrected chi connectivity index (χ0v) is 16.7. The fourth-order valence-corrected chi connectivity index (χ4v) is 3.30. The zero-order valence-electron chi connectivity index (χ0n) is 16.7. The van der Waals surface area contributed by atoms with Gasteiger partial charge in [-0.05, 0) is 42.8 Å². The van der Waals surface area contributed by atoms with Gasteiger partial charge in [0.2, 0.25) is 11.8 Å². The minimum Gasteiger partial charge on any atom is -0.439 e. The van der Waals surface area contributed by atoms with Gasteiger partial charge in [0, 0.05) is 31.8 Å². The summed E-state index contributed by atoms with van der Waals surface area (Å²) < 4.78 is 11.1. The maximum atomic E-state index is 12.5. The first-order valence-corrected chi connectivity index (χ1v) is 9.81. The summed E-state index contributed by atoms with van der Waals surface area (Å²) in [7, 11) is 0. The number of esters is 1. The SMILES string of the molecule is Cc1ccc(CN2CC(C(=O)Oc3ccc(Oc4ccccn4)cc3)CC2=O)cc1. The molecular formula is C24H22N2O4. The second-order valence-electron chi connectivity index (χ2n) is 7.32. The highest BCUT2D eigenvalue weighted by Crippen LogP contribution is 2.25. The molecule has 0 spiro atoms. The van der Waals surface area contributed by atoms with Crippen LogP contribution in [0.4, 0.5) is 0 Å². The van der Waals surface area contributed by atoms with Crippen LogP contribution >= 0.6 is 0 Å². The summed E-state index contributed by atoms with van der Waals surface area (Å²) >= 11 is 0. The number of hydrogen-bond acceptors (Lipinski definition) is 5. The fraction of sp³-hybridized carbons (Fsp3) is 0.208. The molecule has 1 fully saturated rings. The summed E-state index contributed by atoms with van der Waals surface area (Å²) in [6.07, 6.45) is 1.82. The Balaban J connectivity index is 1.32. The van der Waals surface area contributed by atoms with Crippen LogP contribution in [0.25, 0.3) is 0 Å². The van der Waals surface area contributed by atoms with Crippen molar-refractivity contribution in [2.24, 2.45) is 5.92 Å². The van der Waals surface area contributed by atoms with Crippen molar-refractivity contribution in [2.45, 2.75) is 19.9 Å². The number of amides is 1. The average molecular weight is 402 g/mol. The number of hydrogen-bond donors (Lipinski definition) is 0. The lowest BCUT2D eigenvalue weighted by Gasteiger charge is -2.16. The lowest BCUT2D eigenvalue weighted by atomic mass is 10.1. The maximum absolute atomic E-state index is 12.5. The third kappa shape index (κ3) is 4.84. The van der Waals surface area contributed by atoms with E-state index in [1.54, 1.807) is 41.4 Å². The van der Waals surface area contributed by atoms with E-state index in [-0.39, 0.29) is 12.3 Å². The number of likely N-dealkylation sites (tertiary alicyclic amines) is 1. The van der Waals surface area contributed by atoms with Crippen molar-refractivity contribution in [3.8, 4) is 17.4 Å². The van der Waals surface area contributed by atoms with Crippen LogP contribution in [-0.2, 0) is 16.1 Å². The van der Waals surface area contributed by atoms with Crippen LogP contribution in [0.5, 0.6) is 17.4 Å². The van der Waals surface area contributed by atoms with Crippen LogP contribution in [-0.4, -0.2) is 28.3 Å². The van der Waals surface area contributed by atoms with Crippen LogP contribution in [0.15, 0.2) is 72.9 Å². The summed E-state index contributed by atoms with van der Waals surface area (Å²) in [4.78, 5) is 30.7. The maximum Gasteiger partial charge on any atom is 0.316 e. The van der Waals surface area contributed by atoms with E-state index in [4.69, 9.17) is 9.47 Å². The standard InChI is InChI=1S/C24H22N2O4/c1-17-5-7-18(8-6-17)15-26-16-19(14-23(26)27)24(28)30-21-11-9-20(10-12-21)29-22-4-2-3-13-25-22/h2-13,19H,14-16H2,1H3. The summed E-state index contributed by atoms with van der Waals surface area (Å²) in [6.45, 7) is 2.89. The number of carbonyl (C=O) groups is 2. The topological polar surface area (TPSA) is 68.7 Å². The quantitative estimate of drug-likeness (QED) is 0.458. The first-order valence-electron chi connectivity index (χ1n) is 9.81. The third-order valence-corrected chi connectivity index (χ3v) is 4.94. The van der Waals surface area contributed by atoms with Gasteiger partial charge in [-0.3, -0.25) is 9.59 Å². The highest BCUT2D eigenvalue weighted by Gasteiger charge is 2.35. The predicted molar refractivity (Wildman–Crippen MR) is 111 cm³/mol. The van der Waals surface area contributed by atoms with Gasteiger partial charge in [0.05, 0.1) is 5.92 Å². The highest BCUT2D eigenvalue weighted by molar-refractivity contribution is 5.87. The smallest absolute Gasteiger partial charge is 0.316 e. The van der Waals surface area contributed by atoms with Gasteiger partial charge >= 0.3 is 5.97 Å². The minimum atomic E-state index is -0.465. The van der Waals surface area contributed by atoms with Crippen molar-refractivity contribution in [3.63, 3.8) is 0 Å². The number of aromatic nitrogens is 1. The van der Waals surface area contributed by atoms with Crippen LogP contribution in [0.1, 0.15) is 17.5 Å². The summed E-state index contributed by atoms with van der Waals surface area (Å²) in [6, 6.07) is 20.2. The summed E-state index contributed by atoms with van der Waals surface area (Å²) in [5.41, 5.74) is 2.22. The van der Waals surface area contributed by atoms with E-state index in [1.807, 2.05) is 43.3 Å². The van der Waals surface area contributed by atoms with E-state index in [9.17, 15) is 9.59 Å². The molecule has 1 atom stereocenters. The second-order valence-corrected chi connectivity index (χ2v) is 7.32. The Labute approximate surface area is 175 Å². The molecule has 1 unspecified atom stereocenters. The molecule has 152 valence electrons. The normalized spacial score (nSPS) is 15.8. The molecule has 2 aromatic carbocycles. The molecule has 0 saturated carbocycles.